The predicted molar refractivity (Wildman–Crippen MR) is 71.5 cm³/mol. The number of rotatable bonds is 4. The van der Waals surface area contributed by atoms with E-state index in [0.29, 0.717) is 6.54 Å². The summed E-state index contributed by atoms with van der Waals surface area (Å²) < 4.78 is 3.03. The van der Waals surface area contributed by atoms with Gasteiger partial charge in [-0.3, -0.25) is 0 Å². The lowest BCUT2D eigenvalue weighted by Gasteiger charge is -1.94. The third-order valence-corrected chi connectivity index (χ3v) is 3.60. The molecule has 6 heteroatoms. The second-order valence-corrected chi connectivity index (χ2v) is 5.13. The van der Waals surface area contributed by atoms with Gasteiger partial charge in [0.15, 0.2) is 0 Å². The summed E-state index contributed by atoms with van der Waals surface area (Å²) in [6.45, 7) is 1.41. The van der Waals surface area contributed by atoms with Gasteiger partial charge in [-0.1, -0.05) is 17.3 Å². The predicted octanol–water partition coefficient (Wildman–Crippen LogP) is 1.66. The third kappa shape index (κ3) is 2.25. The number of thiazole rings is 1. The van der Waals surface area contributed by atoms with Crippen molar-refractivity contribution in [1.29, 1.82) is 0 Å². The topological polar surface area (TPSA) is 55.6 Å². The minimum Gasteiger partial charge on any atom is -0.314 e. The number of hydrogen-bond acceptors (Lipinski definition) is 5. The molecule has 2 aromatic heterocycles. The number of benzene rings is 1. The molecule has 18 heavy (non-hydrogen) atoms. The summed E-state index contributed by atoms with van der Waals surface area (Å²) >= 11 is 1.70. The summed E-state index contributed by atoms with van der Waals surface area (Å²) in [7, 11) is 1.90. The molecule has 2 heterocycles. The molecule has 0 aliphatic rings. The molecule has 1 aromatic carbocycles. The molecular weight excluding hydrogens is 246 g/mol. The molecule has 0 atom stereocenters. The fraction of sp³-hybridized carbons (Fsp3) is 0.250. The average molecular weight is 259 g/mol. The van der Waals surface area contributed by atoms with E-state index in [2.05, 4.69) is 26.7 Å². The normalized spacial score (nSPS) is 11.2. The van der Waals surface area contributed by atoms with Crippen LogP contribution in [0, 0.1) is 0 Å². The first-order valence-corrected chi connectivity index (χ1v) is 6.55. The maximum Gasteiger partial charge on any atom is 0.115 e. The van der Waals surface area contributed by atoms with Gasteiger partial charge in [0.25, 0.3) is 0 Å². The van der Waals surface area contributed by atoms with Crippen LogP contribution in [0.15, 0.2) is 30.5 Å². The van der Waals surface area contributed by atoms with Gasteiger partial charge in [-0.15, -0.1) is 16.4 Å². The number of fused-ring (bicyclic) bond motifs is 1. The minimum absolute atomic E-state index is 0.677. The SMILES string of the molecule is CNCc1cn(Cc2nc3ccccc3s2)nn1. The van der Waals surface area contributed by atoms with E-state index in [-0.39, 0.29) is 0 Å². The first kappa shape index (κ1) is 11.3. The Morgan fingerprint density at radius 1 is 1.33 bits per heavy atom. The summed E-state index contributed by atoms with van der Waals surface area (Å²) in [4.78, 5) is 4.58. The Kier molecular flexibility index (Phi) is 3.04. The van der Waals surface area contributed by atoms with Gasteiger partial charge in [0.1, 0.15) is 5.01 Å². The quantitative estimate of drug-likeness (QED) is 0.774. The Balaban J connectivity index is 1.82. The number of nitrogens with zero attached hydrogens (tertiary/aromatic N) is 4. The molecule has 0 aliphatic heterocycles. The molecular formula is C12H13N5S. The highest BCUT2D eigenvalue weighted by atomic mass is 32.1. The van der Waals surface area contributed by atoms with Crippen molar-refractivity contribution in [3.05, 3.63) is 41.2 Å². The number of para-hydroxylation sites is 1. The van der Waals surface area contributed by atoms with Crippen molar-refractivity contribution in [3.63, 3.8) is 0 Å². The lowest BCUT2D eigenvalue weighted by Crippen LogP contribution is -2.05. The molecule has 0 spiro atoms. The molecule has 0 radical (unpaired) electrons. The van der Waals surface area contributed by atoms with Crippen molar-refractivity contribution >= 4 is 21.6 Å². The fourth-order valence-electron chi connectivity index (χ4n) is 1.80. The Labute approximate surface area is 108 Å². The van der Waals surface area contributed by atoms with E-state index >= 15 is 0 Å². The molecule has 3 aromatic rings. The number of aromatic nitrogens is 4. The molecule has 0 saturated heterocycles. The third-order valence-electron chi connectivity index (χ3n) is 2.58. The van der Waals surface area contributed by atoms with E-state index in [1.54, 1.807) is 11.3 Å². The van der Waals surface area contributed by atoms with Crippen LogP contribution in [-0.2, 0) is 13.1 Å². The summed E-state index contributed by atoms with van der Waals surface area (Å²) in [5, 5.41) is 12.3. The van der Waals surface area contributed by atoms with Gasteiger partial charge in [0.2, 0.25) is 0 Å². The molecule has 0 fully saturated rings. The van der Waals surface area contributed by atoms with Crippen LogP contribution in [0.4, 0.5) is 0 Å². The summed E-state index contributed by atoms with van der Waals surface area (Å²) in [5.41, 5.74) is 1.99. The molecule has 3 rings (SSSR count). The Morgan fingerprint density at radius 3 is 3.06 bits per heavy atom. The standard InChI is InChI=1S/C12H13N5S/c1-13-6-9-7-17(16-15-9)8-12-14-10-4-2-3-5-11(10)18-12/h2-5,7,13H,6,8H2,1H3. The van der Waals surface area contributed by atoms with Crippen molar-refractivity contribution in [1.82, 2.24) is 25.3 Å². The Hall–Kier alpha value is -1.79. The number of nitrogens with one attached hydrogen (secondary N) is 1. The highest BCUT2D eigenvalue weighted by Gasteiger charge is 2.05. The molecule has 0 amide bonds. The van der Waals surface area contributed by atoms with E-state index in [4.69, 9.17) is 0 Å². The Bertz CT molecular complexity index is 624. The van der Waals surface area contributed by atoms with Crippen LogP contribution in [0.1, 0.15) is 10.7 Å². The fourth-order valence-corrected chi connectivity index (χ4v) is 2.76. The molecule has 0 aliphatic carbocycles. The molecule has 92 valence electrons. The van der Waals surface area contributed by atoms with Gasteiger partial charge in [-0.05, 0) is 19.2 Å². The van der Waals surface area contributed by atoms with E-state index in [1.165, 1.54) is 4.70 Å². The van der Waals surface area contributed by atoms with Gasteiger partial charge < -0.3 is 5.32 Å². The van der Waals surface area contributed by atoms with Crippen LogP contribution < -0.4 is 5.32 Å². The van der Waals surface area contributed by atoms with Gasteiger partial charge >= 0.3 is 0 Å². The maximum atomic E-state index is 4.58. The first-order valence-electron chi connectivity index (χ1n) is 5.73. The van der Waals surface area contributed by atoms with E-state index in [0.717, 1.165) is 22.8 Å². The average Bonchev–Trinajstić information content (AvgIpc) is 2.96. The molecule has 0 bridgehead atoms. The van der Waals surface area contributed by atoms with Crippen molar-refractivity contribution in [3.8, 4) is 0 Å². The van der Waals surface area contributed by atoms with Crippen LogP contribution in [0.25, 0.3) is 10.2 Å². The summed E-state index contributed by atoms with van der Waals surface area (Å²) in [6.07, 6.45) is 1.95. The van der Waals surface area contributed by atoms with Crippen molar-refractivity contribution < 1.29 is 0 Å². The van der Waals surface area contributed by atoms with Crippen molar-refractivity contribution in [2.24, 2.45) is 0 Å². The molecule has 0 unspecified atom stereocenters. The zero-order valence-electron chi connectivity index (χ0n) is 10.00. The first-order chi connectivity index (χ1) is 8.85. The Morgan fingerprint density at radius 2 is 2.22 bits per heavy atom. The summed E-state index contributed by atoms with van der Waals surface area (Å²) in [6, 6.07) is 8.16. The molecule has 0 saturated carbocycles. The van der Waals surface area contributed by atoms with E-state index in [9.17, 15) is 0 Å². The van der Waals surface area contributed by atoms with Crippen LogP contribution in [0.5, 0.6) is 0 Å². The van der Waals surface area contributed by atoms with Crippen molar-refractivity contribution in [2.45, 2.75) is 13.1 Å². The monoisotopic (exact) mass is 259 g/mol. The zero-order valence-corrected chi connectivity index (χ0v) is 10.8. The van der Waals surface area contributed by atoms with Crippen LogP contribution in [0.2, 0.25) is 0 Å². The lowest BCUT2D eigenvalue weighted by molar-refractivity contribution is 0.647. The molecule has 1 N–H and O–H groups in total. The largest absolute Gasteiger partial charge is 0.314 e. The zero-order chi connectivity index (χ0) is 12.4. The van der Waals surface area contributed by atoms with E-state index < -0.39 is 0 Å². The van der Waals surface area contributed by atoms with Crippen molar-refractivity contribution in [2.75, 3.05) is 7.05 Å². The second-order valence-electron chi connectivity index (χ2n) is 4.01. The minimum atomic E-state index is 0.677. The molecule has 5 nitrogen and oxygen atoms in total. The van der Waals surface area contributed by atoms with Crippen LogP contribution >= 0.6 is 11.3 Å². The van der Waals surface area contributed by atoms with Gasteiger partial charge in [0.05, 0.1) is 28.7 Å². The maximum absolute atomic E-state index is 4.58. The van der Waals surface area contributed by atoms with Gasteiger partial charge in [0, 0.05) is 6.54 Å². The van der Waals surface area contributed by atoms with E-state index in [1.807, 2.05) is 36.1 Å². The van der Waals surface area contributed by atoms with Crippen LogP contribution in [0.3, 0.4) is 0 Å². The summed E-state index contributed by atoms with van der Waals surface area (Å²) in [5.74, 6) is 0. The highest BCUT2D eigenvalue weighted by Crippen LogP contribution is 2.21. The lowest BCUT2D eigenvalue weighted by atomic mass is 10.3. The number of hydrogen-bond donors (Lipinski definition) is 1. The second kappa shape index (κ2) is 4.83. The van der Waals surface area contributed by atoms with Gasteiger partial charge in [-0.2, -0.15) is 0 Å². The van der Waals surface area contributed by atoms with Gasteiger partial charge in [-0.25, -0.2) is 9.67 Å². The highest BCUT2D eigenvalue weighted by molar-refractivity contribution is 7.18. The van der Waals surface area contributed by atoms with Crippen LogP contribution in [-0.4, -0.2) is 27.0 Å². The smallest absolute Gasteiger partial charge is 0.115 e.